The number of hydrogen-bond acceptors (Lipinski definition) is 5. The highest BCUT2D eigenvalue weighted by Crippen LogP contribution is 2.05. The zero-order chi connectivity index (χ0) is 12.8. The molecule has 0 aliphatic carbocycles. The number of hydrogen-bond donors (Lipinski definition) is 1. The molecular formula is C7H14Cl2N2O4. The van der Waals surface area contributed by atoms with Crippen molar-refractivity contribution in [2.24, 2.45) is 5.73 Å². The Bertz CT molecular complexity index is 235. The van der Waals surface area contributed by atoms with Crippen LogP contribution in [0.5, 0.6) is 0 Å². The predicted octanol–water partition coefficient (Wildman–Crippen LogP) is -3.61. The average Bonchev–Trinajstić information content (AvgIpc) is 1.98. The summed E-state index contributed by atoms with van der Waals surface area (Å²) in [6.45, 7) is 3.72. The van der Waals surface area contributed by atoms with Crippen molar-refractivity contribution in [1.82, 2.24) is 0 Å². The highest BCUT2D eigenvalue weighted by Gasteiger charge is 2.06. The summed E-state index contributed by atoms with van der Waals surface area (Å²) in [5.74, 6) is 0. The molecule has 90 valence electrons. The van der Waals surface area contributed by atoms with Crippen LogP contribution in [-0.2, 0) is 0 Å². The molecule has 2 N–H and O–H groups in total. The van der Waals surface area contributed by atoms with Crippen LogP contribution in [0.2, 0.25) is 0 Å². The SMILES string of the molecule is CC(N)=C(Cl)C(C)=[N+](C)C.[O-][Cl+3]([O-])([O-])[O-]. The third-order valence-corrected chi connectivity index (χ3v) is 1.91. The summed E-state index contributed by atoms with van der Waals surface area (Å²) in [7, 11) is -1.08. The normalized spacial score (nSPS) is 12.3. The van der Waals surface area contributed by atoms with Crippen LogP contribution in [0.4, 0.5) is 0 Å². The van der Waals surface area contributed by atoms with Crippen LogP contribution in [0.1, 0.15) is 13.8 Å². The van der Waals surface area contributed by atoms with Gasteiger partial charge in [0.25, 0.3) is 0 Å². The number of nitrogens with two attached hydrogens (primary N) is 1. The second-order valence-electron chi connectivity index (χ2n) is 2.85. The Kier molecular flexibility index (Phi) is 7.95. The monoisotopic (exact) mass is 260 g/mol. The molecule has 0 unspecified atom stereocenters. The Balaban J connectivity index is 0. The van der Waals surface area contributed by atoms with Gasteiger partial charge in [-0.1, -0.05) is 11.6 Å². The highest BCUT2D eigenvalue weighted by molar-refractivity contribution is 6.42. The molecule has 0 aliphatic heterocycles. The molecule has 0 aromatic carbocycles. The third kappa shape index (κ3) is 13.6. The molecule has 0 heterocycles. The lowest BCUT2D eigenvalue weighted by Gasteiger charge is -2.17. The Morgan fingerprint density at radius 1 is 1.13 bits per heavy atom. The molecule has 0 aromatic rings. The van der Waals surface area contributed by atoms with Gasteiger partial charge in [0, 0.05) is 12.6 Å². The first-order valence-corrected chi connectivity index (χ1v) is 5.33. The van der Waals surface area contributed by atoms with Crippen LogP contribution in [0, 0.1) is 10.2 Å². The molecule has 0 aliphatic rings. The van der Waals surface area contributed by atoms with Crippen molar-refractivity contribution in [2.75, 3.05) is 14.1 Å². The molecule has 0 rings (SSSR count). The molecule has 0 fully saturated rings. The summed E-state index contributed by atoms with van der Waals surface area (Å²) >= 11 is 5.84. The van der Waals surface area contributed by atoms with Gasteiger partial charge in [-0.2, -0.15) is 0 Å². The summed E-state index contributed by atoms with van der Waals surface area (Å²) in [6.07, 6.45) is 0. The maximum Gasteiger partial charge on any atom is 0.192 e. The molecule has 0 saturated heterocycles. The minimum atomic E-state index is -4.94. The molecule has 0 amide bonds. The van der Waals surface area contributed by atoms with E-state index < -0.39 is 10.2 Å². The fraction of sp³-hybridized carbons (Fsp3) is 0.571. The maximum absolute atomic E-state index is 8.49. The largest absolute Gasteiger partial charge is 0.401 e. The van der Waals surface area contributed by atoms with Crippen molar-refractivity contribution in [3.05, 3.63) is 10.7 Å². The van der Waals surface area contributed by atoms with Gasteiger partial charge < -0.3 is 5.73 Å². The molecule has 0 saturated carbocycles. The van der Waals surface area contributed by atoms with Crippen LogP contribution in [0.25, 0.3) is 0 Å². The minimum absolute atomic E-state index is 0.644. The van der Waals surface area contributed by atoms with Gasteiger partial charge in [0.2, 0.25) is 0 Å². The van der Waals surface area contributed by atoms with Crippen molar-refractivity contribution in [1.29, 1.82) is 0 Å². The maximum atomic E-state index is 8.49. The fourth-order valence-corrected chi connectivity index (χ4v) is 0.651. The smallest absolute Gasteiger partial charge is 0.192 e. The molecule has 6 nitrogen and oxygen atoms in total. The lowest BCUT2D eigenvalue weighted by molar-refractivity contribution is -2.00. The zero-order valence-corrected chi connectivity index (χ0v) is 10.4. The van der Waals surface area contributed by atoms with Crippen LogP contribution >= 0.6 is 11.6 Å². The summed E-state index contributed by atoms with van der Waals surface area (Å²) < 4.78 is 35.9. The van der Waals surface area contributed by atoms with Gasteiger partial charge in [0.1, 0.15) is 19.1 Å². The van der Waals surface area contributed by atoms with E-state index >= 15 is 0 Å². The molecule has 8 heteroatoms. The van der Waals surface area contributed by atoms with Crippen LogP contribution < -0.4 is 24.4 Å². The van der Waals surface area contributed by atoms with Gasteiger partial charge in [-0.05, 0) is 6.92 Å². The Labute approximate surface area is 95.6 Å². The number of halogens is 2. The average molecular weight is 261 g/mol. The highest BCUT2D eigenvalue weighted by atomic mass is 35.7. The minimum Gasteiger partial charge on any atom is -0.401 e. The van der Waals surface area contributed by atoms with Crippen molar-refractivity contribution < 1.29 is 33.5 Å². The van der Waals surface area contributed by atoms with Gasteiger partial charge in [0.15, 0.2) is 5.71 Å². The summed E-state index contributed by atoms with van der Waals surface area (Å²) in [4.78, 5) is 0. The molecule has 0 aromatic heterocycles. The fourth-order valence-electron chi connectivity index (χ4n) is 0.482. The zero-order valence-electron chi connectivity index (χ0n) is 8.91. The van der Waals surface area contributed by atoms with E-state index in [1.165, 1.54) is 0 Å². The van der Waals surface area contributed by atoms with Gasteiger partial charge >= 0.3 is 0 Å². The van der Waals surface area contributed by atoms with E-state index in [1.807, 2.05) is 25.6 Å². The third-order valence-electron chi connectivity index (χ3n) is 1.33. The van der Waals surface area contributed by atoms with E-state index in [0.29, 0.717) is 10.7 Å². The number of allylic oxidation sites excluding steroid dienone is 2. The first-order valence-electron chi connectivity index (χ1n) is 3.71. The van der Waals surface area contributed by atoms with E-state index in [-0.39, 0.29) is 0 Å². The molecule has 15 heavy (non-hydrogen) atoms. The summed E-state index contributed by atoms with van der Waals surface area (Å²) in [5.41, 5.74) is 7.12. The predicted molar refractivity (Wildman–Crippen MR) is 45.5 cm³/mol. The van der Waals surface area contributed by atoms with Crippen molar-refractivity contribution in [3.63, 3.8) is 0 Å². The number of nitrogens with zero attached hydrogens (tertiary/aromatic N) is 1. The van der Waals surface area contributed by atoms with Gasteiger partial charge in [-0.15, -0.1) is 10.2 Å². The van der Waals surface area contributed by atoms with E-state index in [9.17, 15) is 0 Å². The quantitative estimate of drug-likeness (QED) is 0.386. The Morgan fingerprint density at radius 3 is 1.47 bits per heavy atom. The molecule has 0 atom stereocenters. The summed E-state index contributed by atoms with van der Waals surface area (Å²) in [6, 6.07) is 0. The van der Waals surface area contributed by atoms with Crippen molar-refractivity contribution in [3.8, 4) is 0 Å². The topological polar surface area (TPSA) is 121 Å². The first-order chi connectivity index (χ1) is 6.46. The van der Waals surface area contributed by atoms with Gasteiger partial charge in [-0.3, -0.25) is 0 Å². The molecular weight excluding hydrogens is 247 g/mol. The van der Waals surface area contributed by atoms with Gasteiger partial charge in [-0.25, -0.2) is 23.2 Å². The van der Waals surface area contributed by atoms with E-state index in [4.69, 9.17) is 36.0 Å². The van der Waals surface area contributed by atoms with E-state index in [0.717, 1.165) is 5.71 Å². The molecule has 0 radical (unpaired) electrons. The van der Waals surface area contributed by atoms with Gasteiger partial charge in [0.05, 0.1) is 0 Å². The van der Waals surface area contributed by atoms with Crippen molar-refractivity contribution >= 4 is 17.3 Å². The van der Waals surface area contributed by atoms with E-state index in [1.54, 1.807) is 6.92 Å². The second kappa shape index (κ2) is 7.00. The first kappa shape index (κ1) is 17.0. The van der Waals surface area contributed by atoms with Crippen molar-refractivity contribution in [2.45, 2.75) is 13.8 Å². The standard InChI is InChI=1S/C7H13ClN2.ClHO4/c1-5(9)7(8)6(2)10(3)4;2-1(3,4)5/h9H,1-4H3;(H,2,3,4,5). The Morgan fingerprint density at radius 2 is 1.40 bits per heavy atom. The second-order valence-corrected chi connectivity index (χ2v) is 3.99. The lowest BCUT2D eigenvalue weighted by Crippen LogP contribution is -2.68. The summed E-state index contributed by atoms with van der Waals surface area (Å²) in [5, 5.41) is 0.644. The lowest BCUT2D eigenvalue weighted by atomic mass is 10.3. The molecule has 0 spiro atoms. The number of rotatable bonds is 1. The molecule has 0 bridgehead atoms. The van der Waals surface area contributed by atoms with Crippen LogP contribution in [-0.4, -0.2) is 24.4 Å². The van der Waals surface area contributed by atoms with Crippen LogP contribution in [0.15, 0.2) is 10.7 Å². The van der Waals surface area contributed by atoms with E-state index in [2.05, 4.69) is 0 Å². The van der Waals surface area contributed by atoms with Crippen LogP contribution in [0.3, 0.4) is 0 Å². The Hall–Kier alpha value is -0.370.